The molecule has 8 rings (SSSR count). The molecule has 10 heteroatoms. The third-order valence-corrected chi connectivity index (χ3v) is 11.8. The molecule has 50 heavy (non-hydrogen) atoms. The number of nitrogens with one attached hydrogen (secondary N) is 1. The van der Waals surface area contributed by atoms with Gasteiger partial charge in [0.25, 0.3) is 0 Å². The molecule has 252 valence electrons. The maximum Gasteiger partial charge on any atom is 0.499 e. The van der Waals surface area contributed by atoms with Crippen molar-refractivity contribution < 1.29 is 10.0 Å². The number of nitrogens with zero attached hydrogens (tertiary/aromatic N) is 2. The number of halogens is 1. The molecule has 6 nitrogen and oxygen atoms in total. The molecule has 1 saturated carbocycles. The number of rotatable bonds is 8. The van der Waals surface area contributed by atoms with Crippen LogP contribution in [-0.2, 0) is 0 Å². The van der Waals surface area contributed by atoms with Crippen molar-refractivity contribution in [1.29, 1.82) is 0 Å². The van der Waals surface area contributed by atoms with E-state index in [1.807, 2.05) is 59.9 Å². The second-order valence-corrected chi connectivity index (χ2v) is 15.4. The van der Waals surface area contributed by atoms with Crippen LogP contribution in [0, 0.1) is 11.8 Å². The van der Waals surface area contributed by atoms with Crippen molar-refractivity contribution in [3.8, 4) is 10.4 Å². The van der Waals surface area contributed by atoms with E-state index < -0.39 is 7.12 Å². The number of hydrogen-bond donors (Lipinski definition) is 4. The van der Waals surface area contributed by atoms with Crippen LogP contribution in [0.1, 0.15) is 37.1 Å². The van der Waals surface area contributed by atoms with Crippen molar-refractivity contribution in [2.45, 2.75) is 25.7 Å². The molecule has 3 aromatic heterocycles. The molecule has 0 saturated heterocycles. The lowest BCUT2D eigenvalue weighted by atomic mass is 9.81. The van der Waals surface area contributed by atoms with Gasteiger partial charge in [0.05, 0.1) is 5.52 Å². The lowest BCUT2D eigenvalue weighted by molar-refractivity contribution is 0.281. The quantitative estimate of drug-likeness (QED) is 0.117. The van der Waals surface area contributed by atoms with Crippen molar-refractivity contribution in [1.82, 2.24) is 9.97 Å². The number of fused-ring (bicyclic) bond motifs is 3. The topological polar surface area (TPSA) is 104 Å². The minimum Gasteiger partial charge on any atom is -0.423 e. The molecule has 2 atom stereocenters. The Morgan fingerprint density at radius 2 is 1.54 bits per heavy atom. The first-order chi connectivity index (χ1) is 24.4. The molecule has 1 aliphatic carbocycles. The molecule has 0 bridgehead atoms. The molecule has 0 amide bonds. The molecule has 7 aromatic rings. The first-order valence-corrected chi connectivity index (χ1v) is 19.0. The summed E-state index contributed by atoms with van der Waals surface area (Å²) in [4.78, 5) is 10.9. The van der Waals surface area contributed by atoms with Crippen LogP contribution in [0.4, 0.5) is 5.82 Å². The van der Waals surface area contributed by atoms with Crippen LogP contribution in [0.5, 0.6) is 0 Å². The zero-order valence-electron chi connectivity index (χ0n) is 27.5. The highest BCUT2D eigenvalue weighted by molar-refractivity contribution is 7.27. The van der Waals surface area contributed by atoms with E-state index in [-0.39, 0.29) is 0 Å². The molecule has 0 aliphatic heterocycles. The molecule has 0 radical (unpaired) electrons. The van der Waals surface area contributed by atoms with E-state index in [0.717, 1.165) is 45.5 Å². The average Bonchev–Trinajstić information content (AvgIpc) is 3.79. The van der Waals surface area contributed by atoms with E-state index in [9.17, 15) is 0 Å². The minimum absolute atomic E-state index is 0.594. The Morgan fingerprint density at radius 1 is 0.820 bits per heavy atom. The van der Waals surface area contributed by atoms with Crippen LogP contribution in [0.25, 0.3) is 53.7 Å². The fourth-order valence-corrected chi connectivity index (χ4v) is 8.73. The summed E-state index contributed by atoms with van der Waals surface area (Å²) in [5.41, 5.74) is 9.13. The van der Waals surface area contributed by atoms with Crippen LogP contribution >= 0.6 is 34.3 Å². The first kappa shape index (κ1) is 34.4. The van der Waals surface area contributed by atoms with Crippen molar-refractivity contribution in [2.75, 3.05) is 18.4 Å². The van der Waals surface area contributed by atoms with E-state index in [0.29, 0.717) is 27.5 Å². The van der Waals surface area contributed by atoms with Gasteiger partial charge in [-0.25, -0.2) is 9.97 Å². The predicted molar refractivity (Wildman–Crippen MR) is 215 cm³/mol. The van der Waals surface area contributed by atoms with Gasteiger partial charge in [0.1, 0.15) is 5.82 Å². The average molecular weight is 717 g/mol. The normalized spacial score (nSPS) is 16.2. The van der Waals surface area contributed by atoms with Gasteiger partial charge in [0, 0.05) is 36.0 Å². The van der Waals surface area contributed by atoms with Gasteiger partial charge in [0.2, 0.25) is 0 Å². The summed E-state index contributed by atoms with van der Waals surface area (Å²) >= 11 is 9.54. The Balaban J connectivity index is 0.000000275. The van der Waals surface area contributed by atoms with Gasteiger partial charge in [-0.3, -0.25) is 0 Å². The molecule has 2 unspecified atom stereocenters. The standard InChI is InChI=1S/C32H31ClN4S.C8H7BO2S/c33-26-13-14-27-28(18-26)36-31(37-32(27)35-20-23-5-3-4-22(16-23)19-34)15-10-21-8-11-24(12-9-21)30-17-25-6-1-2-7-29(25)38-30;10-9(11)8-5-6-3-1-2-4-7(6)12-8/h1-2,6-15,17-18,22-23H,3-5,16,19-20,34H2,(H,35,36,37);1-5,10-11H. The maximum absolute atomic E-state index is 8.89. The van der Waals surface area contributed by atoms with Gasteiger partial charge in [-0.2, -0.15) is 0 Å². The molecule has 1 aliphatic rings. The highest BCUT2D eigenvalue weighted by Crippen LogP contribution is 2.34. The Labute approximate surface area is 305 Å². The lowest BCUT2D eigenvalue weighted by Gasteiger charge is -2.28. The largest absolute Gasteiger partial charge is 0.499 e. The number of aromatic nitrogens is 2. The van der Waals surface area contributed by atoms with Crippen molar-refractivity contribution in [3.63, 3.8) is 0 Å². The van der Waals surface area contributed by atoms with E-state index in [4.69, 9.17) is 37.4 Å². The van der Waals surface area contributed by atoms with Crippen LogP contribution in [0.2, 0.25) is 5.02 Å². The molecular weight excluding hydrogens is 679 g/mol. The van der Waals surface area contributed by atoms with Gasteiger partial charge in [-0.15, -0.1) is 22.7 Å². The minimum atomic E-state index is -1.35. The van der Waals surface area contributed by atoms with Crippen molar-refractivity contribution in [3.05, 3.63) is 120 Å². The van der Waals surface area contributed by atoms with Gasteiger partial charge in [0.15, 0.2) is 5.82 Å². The van der Waals surface area contributed by atoms with E-state index in [1.165, 1.54) is 57.5 Å². The summed E-state index contributed by atoms with van der Waals surface area (Å²) in [6, 6.07) is 34.8. The van der Waals surface area contributed by atoms with Crippen LogP contribution < -0.4 is 15.8 Å². The first-order valence-electron chi connectivity index (χ1n) is 16.9. The van der Waals surface area contributed by atoms with E-state index >= 15 is 0 Å². The van der Waals surface area contributed by atoms with Gasteiger partial charge in [-0.05, 0) is 108 Å². The third-order valence-electron chi connectivity index (χ3n) is 9.20. The lowest BCUT2D eigenvalue weighted by Crippen LogP contribution is -2.26. The molecule has 4 aromatic carbocycles. The Hall–Kier alpha value is -4.09. The number of nitrogens with two attached hydrogens (primary N) is 1. The van der Waals surface area contributed by atoms with Gasteiger partial charge < -0.3 is 21.1 Å². The zero-order valence-corrected chi connectivity index (χ0v) is 29.9. The van der Waals surface area contributed by atoms with Crippen LogP contribution in [-0.4, -0.2) is 40.2 Å². The summed E-state index contributed by atoms with van der Waals surface area (Å²) in [6.45, 7) is 1.68. The summed E-state index contributed by atoms with van der Waals surface area (Å²) in [5.74, 6) is 2.79. The highest BCUT2D eigenvalue weighted by atomic mass is 35.5. The van der Waals surface area contributed by atoms with Crippen LogP contribution in [0.3, 0.4) is 0 Å². The number of thiophene rings is 2. The highest BCUT2D eigenvalue weighted by Gasteiger charge is 2.21. The van der Waals surface area contributed by atoms with Crippen molar-refractivity contribution >= 4 is 95.2 Å². The fourth-order valence-electron chi connectivity index (χ4n) is 6.56. The number of hydrogen-bond acceptors (Lipinski definition) is 8. The molecular formula is C40H38BClN4O2S2. The summed E-state index contributed by atoms with van der Waals surface area (Å²) < 4.78 is 2.99. The Kier molecular flexibility index (Phi) is 10.9. The van der Waals surface area contributed by atoms with E-state index in [2.05, 4.69) is 66.0 Å². The van der Waals surface area contributed by atoms with Gasteiger partial charge >= 0.3 is 7.12 Å². The SMILES string of the molecule is NCC1CCCC(CNc2nc(C=Cc3ccc(-c4cc5ccccc5s4)cc3)nc3cc(Cl)ccc23)C1.OB(O)c1cc2ccccc2s1. The Morgan fingerprint density at radius 3 is 2.26 bits per heavy atom. The monoisotopic (exact) mass is 716 g/mol. The molecule has 1 fully saturated rings. The zero-order chi connectivity index (χ0) is 34.5. The summed E-state index contributed by atoms with van der Waals surface area (Å²) in [6.07, 6.45) is 8.97. The van der Waals surface area contributed by atoms with Crippen molar-refractivity contribution in [2.24, 2.45) is 17.6 Å². The fraction of sp³-hybridized carbons (Fsp3) is 0.200. The van der Waals surface area contributed by atoms with Crippen LogP contribution in [0.15, 0.2) is 103 Å². The second-order valence-electron chi connectivity index (χ2n) is 12.8. The Bertz CT molecular complexity index is 2190. The van der Waals surface area contributed by atoms with E-state index in [1.54, 1.807) is 6.07 Å². The summed E-state index contributed by atoms with van der Waals surface area (Å²) in [7, 11) is -1.35. The predicted octanol–water partition coefficient (Wildman–Crippen LogP) is 9.09. The summed E-state index contributed by atoms with van der Waals surface area (Å²) in [5, 5.41) is 25.4. The molecule has 5 N–H and O–H groups in total. The number of anilines is 1. The third kappa shape index (κ3) is 8.27. The maximum atomic E-state index is 8.89. The molecule has 3 heterocycles. The smallest absolute Gasteiger partial charge is 0.423 e. The second kappa shape index (κ2) is 15.9. The van der Waals surface area contributed by atoms with Gasteiger partial charge in [-0.1, -0.05) is 84.8 Å². The molecule has 0 spiro atoms. The number of benzene rings is 4.